The number of aromatic amines is 1. The molecule has 11 heteroatoms. The first kappa shape index (κ1) is 31.1. The maximum Gasteiger partial charge on any atom is 0.231 e. The molecule has 0 saturated heterocycles. The van der Waals surface area contributed by atoms with Gasteiger partial charge < -0.3 is 20.5 Å². The van der Waals surface area contributed by atoms with Gasteiger partial charge in [0.1, 0.15) is 17.8 Å². The zero-order chi connectivity index (χ0) is 32.2. The summed E-state index contributed by atoms with van der Waals surface area (Å²) in [6.45, 7) is 0. The van der Waals surface area contributed by atoms with Crippen LogP contribution in [0.3, 0.4) is 0 Å². The van der Waals surface area contributed by atoms with E-state index in [1.165, 1.54) is 6.42 Å². The number of aliphatic hydroxyl groups excluding tert-OH is 2. The Bertz CT molecular complexity index is 1750. The zero-order valence-corrected chi connectivity index (χ0v) is 26.4. The third-order valence-corrected chi connectivity index (χ3v) is 9.76. The molecule has 0 bridgehead atoms. The first-order valence-corrected chi connectivity index (χ1v) is 16.9. The van der Waals surface area contributed by atoms with E-state index in [1.54, 1.807) is 24.9 Å². The number of nitrogens with zero attached hydrogens (tertiary/aromatic N) is 6. The molecule has 2 saturated carbocycles. The second-order valence-electron chi connectivity index (χ2n) is 13.2. The lowest BCUT2D eigenvalue weighted by atomic mass is 9.82. The number of amides is 1. The average Bonchev–Trinajstić information content (AvgIpc) is 3.66. The van der Waals surface area contributed by atoms with Crippen LogP contribution < -0.4 is 5.32 Å². The Balaban J connectivity index is 1.27. The Morgan fingerprint density at radius 2 is 1.85 bits per heavy atom. The largest absolute Gasteiger partial charge is 0.390 e. The number of H-pyrrole nitrogens is 1. The van der Waals surface area contributed by atoms with Gasteiger partial charge in [-0.1, -0.05) is 62.4 Å². The number of hydrogen-bond donors (Lipinski definition) is 4. The van der Waals surface area contributed by atoms with Gasteiger partial charge >= 0.3 is 0 Å². The van der Waals surface area contributed by atoms with Crippen molar-refractivity contribution >= 4 is 11.6 Å². The van der Waals surface area contributed by atoms with E-state index in [-0.39, 0.29) is 18.2 Å². The summed E-state index contributed by atoms with van der Waals surface area (Å²) in [7, 11) is 0. The van der Waals surface area contributed by atoms with Crippen LogP contribution in [0.2, 0.25) is 0 Å². The van der Waals surface area contributed by atoms with E-state index in [0.717, 1.165) is 55.3 Å². The molecule has 0 aliphatic heterocycles. The molecular formula is C36H42N8O3. The first-order chi connectivity index (χ1) is 23.0. The van der Waals surface area contributed by atoms with Crippen molar-refractivity contribution in [3.05, 3.63) is 96.4 Å². The van der Waals surface area contributed by atoms with Crippen LogP contribution in [-0.2, 0) is 17.6 Å². The minimum Gasteiger partial charge on any atom is -0.390 e. The average molecular weight is 635 g/mol. The summed E-state index contributed by atoms with van der Waals surface area (Å²) in [6, 6.07) is 13.3. The van der Waals surface area contributed by atoms with Crippen molar-refractivity contribution in [3.8, 4) is 11.3 Å². The van der Waals surface area contributed by atoms with Gasteiger partial charge in [0.2, 0.25) is 5.91 Å². The van der Waals surface area contributed by atoms with Crippen LogP contribution in [-0.4, -0.2) is 68.9 Å². The maximum atomic E-state index is 14.5. The number of imidazole rings is 1. The van der Waals surface area contributed by atoms with E-state index in [2.05, 4.69) is 30.5 Å². The molecule has 4 N–H and O–H groups in total. The molecule has 2 aliphatic rings. The Kier molecular flexibility index (Phi) is 9.34. The van der Waals surface area contributed by atoms with Crippen molar-refractivity contribution in [2.24, 2.45) is 11.8 Å². The van der Waals surface area contributed by atoms with Gasteiger partial charge in [0, 0.05) is 43.2 Å². The summed E-state index contributed by atoms with van der Waals surface area (Å²) in [5, 5.41) is 34.8. The number of fused-ring (bicyclic) bond motifs is 1. The van der Waals surface area contributed by atoms with E-state index in [9.17, 15) is 15.0 Å². The molecule has 1 aromatic carbocycles. The molecule has 2 aliphatic carbocycles. The second-order valence-corrected chi connectivity index (χ2v) is 13.2. The standard InChI is InChI=1S/C36H42N8O3/c45-32(25-13-14-25)33(46)29(16-23-8-3-1-4-9-23)41-36(47)28(18-27-20-38-22-39-27)34-42-43-35-30(17-24-10-5-2-6-11-24)40-31(21-44(34)35)26-12-7-15-37-19-26/h2,5-7,10-12,15,19-23,25,28-29,32-33,45-46H,1,3-4,8-9,13-14,16-18H2,(H,38,39)(H,41,47)/t28?,29-,32-,33+/m0/s1. The Morgan fingerprint density at radius 1 is 1.02 bits per heavy atom. The van der Waals surface area contributed by atoms with E-state index >= 15 is 0 Å². The van der Waals surface area contributed by atoms with Gasteiger partial charge in [0.15, 0.2) is 5.65 Å². The highest BCUT2D eigenvalue weighted by Crippen LogP contribution is 2.36. The monoisotopic (exact) mass is 634 g/mol. The number of nitrogens with one attached hydrogen (secondary N) is 2. The van der Waals surface area contributed by atoms with Crippen molar-refractivity contribution < 1.29 is 15.0 Å². The summed E-state index contributed by atoms with van der Waals surface area (Å²) in [4.78, 5) is 31.2. The molecule has 244 valence electrons. The van der Waals surface area contributed by atoms with Crippen LogP contribution in [0.5, 0.6) is 0 Å². The number of carbonyl (C=O) groups excluding carboxylic acids is 1. The topological polar surface area (TPSA) is 154 Å². The Hall–Kier alpha value is -4.48. The predicted octanol–water partition coefficient (Wildman–Crippen LogP) is 4.41. The van der Waals surface area contributed by atoms with Crippen molar-refractivity contribution in [1.82, 2.24) is 39.9 Å². The molecule has 1 amide bonds. The summed E-state index contributed by atoms with van der Waals surface area (Å²) >= 11 is 0. The quantitative estimate of drug-likeness (QED) is 0.149. The molecule has 4 aromatic heterocycles. The molecule has 7 rings (SSSR count). The van der Waals surface area contributed by atoms with Gasteiger partial charge in [-0.2, -0.15) is 0 Å². The zero-order valence-electron chi connectivity index (χ0n) is 26.4. The van der Waals surface area contributed by atoms with Crippen molar-refractivity contribution in [3.63, 3.8) is 0 Å². The minimum absolute atomic E-state index is 0.0810. The van der Waals surface area contributed by atoms with Crippen LogP contribution in [0.15, 0.2) is 73.6 Å². The first-order valence-electron chi connectivity index (χ1n) is 16.9. The van der Waals surface area contributed by atoms with Gasteiger partial charge in [-0.15, -0.1) is 10.2 Å². The van der Waals surface area contributed by atoms with Crippen LogP contribution in [0, 0.1) is 11.8 Å². The van der Waals surface area contributed by atoms with E-state index in [4.69, 9.17) is 4.98 Å². The molecule has 0 radical (unpaired) electrons. The van der Waals surface area contributed by atoms with Gasteiger partial charge in [-0.25, -0.2) is 9.97 Å². The fourth-order valence-electron chi connectivity index (χ4n) is 6.99. The van der Waals surface area contributed by atoms with Gasteiger partial charge in [0.05, 0.1) is 35.6 Å². The number of benzene rings is 1. The number of hydrogen-bond acceptors (Lipinski definition) is 8. The number of carbonyl (C=O) groups is 1. The molecule has 11 nitrogen and oxygen atoms in total. The summed E-state index contributed by atoms with van der Waals surface area (Å²) in [6.07, 6.45) is 15.7. The summed E-state index contributed by atoms with van der Waals surface area (Å²) in [5.41, 5.74) is 4.61. The maximum absolute atomic E-state index is 14.5. The number of aromatic nitrogens is 7. The Labute approximate surface area is 273 Å². The van der Waals surface area contributed by atoms with Crippen LogP contribution in [0.1, 0.15) is 80.1 Å². The molecular weight excluding hydrogens is 592 g/mol. The van der Waals surface area contributed by atoms with E-state index < -0.39 is 24.2 Å². The fraction of sp³-hybridized carbons (Fsp3) is 0.444. The highest BCUT2D eigenvalue weighted by Gasteiger charge is 2.40. The van der Waals surface area contributed by atoms with Crippen LogP contribution in [0.25, 0.3) is 16.9 Å². The van der Waals surface area contributed by atoms with Gasteiger partial charge in [-0.05, 0) is 48.8 Å². The van der Waals surface area contributed by atoms with Crippen LogP contribution in [0.4, 0.5) is 0 Å². The number of aliphatic hydroxyl groups is 2. The molecule has 4 heterocycles. The lowest BCUT2D eigenvalue weighted by Gasteiger charge is -2.33. The molecule has 0 spiro atoms. The lowest BCUT2D eigenvalue weighted by Crippen LogP contribution is -2.51. The number of rotatable bonds is 13. The number of pyridine rings is 1. The molecule has 5 aromatic rings. The summed E-state index contributed by atoms with van der Waals surface area (Å²) < 4.78 is 1.87. The van der Waals surface area contributed by atoms with Gasteiger partial charge in [-0.3, -0.25) is 14.2 Å². The normalized spacial score (nSPS) is 18.1. The third-order valence-electron chi connectivity index (χ3n) is 9.76. The van der Waals surface area contributed by atoms with Crippen LogP contribution >= 0.6 is 0 Å². The molecule has 2 fully saturated rings. The Morgan fingerprint density at radius 3 is 2.57 bits per heavy atom. The smallest absolute Gasteiger partial charge is 0.231 e. The second kappa shape index (κ2) is 14.1. The highest BCUT2D eigenvalue weighted by molar-refractivity contribution is 5.83. The predicted molar refractivity (Wildman–Crippen MR) is 176 cm³/mol. The van der Waals surface area contributed by atoms with E-state index in [1.807, 2.05) is 53.1 Å². The molecule has 47 heavy (non-hydrogen) atoms. The lowest BCUT2D eigenvalue weighted by molar-refractivity contribution is -0.125. The van der Waals surface area contributed by atoms with Gasteiger partial charge in [0.25, 0.3) is 0 Å². The highest BCUT2D eigenvalue weighted by atomic mass is 16.3. The summed E-state index contributed by atoms with van der Waals surface area (Å²) in [5.74, 6) is -0.133. The minimum atomic E-state index is -1.05. The molecule has 1 unspecified atom stereocenters. The fourth-order valence-corrected chi connectivity index (χ4v) is 6.99. The van der Waals surface area contributed by atoms with E-state index in [0.29, 0.717) is 41.6 Å². The van der Waals surface area contributed by atoms with Crippen molar-refractivity contribution in [2.75, 3.05) is 0 Å². The SMILES string of the molecule is O=C(N[C@@H](CC1CCCCC1)[C@@H](O)[C@@H](O)C1CC1)C(Cc1c[nH]cn1)c1nnc2c(Cc3ccccc3)nc(-c3cccnc3)cn12. The third kappa shape index (κ3) is 7.26. The van der Waals surface area contributed by atoms with Crippen molar-refractivity contribution in [1.29, 1.82) is 0 Å². The molecule has 4 atom stereocenters. The van der Waals surface area contributed by atoms with Crippen molar-refractivity contribution in [2.45, 2.75) is 88.4 Å².